The zero-order valence-corrected chi connectivity index (χ0v) is 18.4. The van der Waals surface area contributed by atoms with Crippen LogP contribution in [0.1, 0.15) is 45.8 Å². The lowest BCUT2D eigenvalue weighted by molar-refractivity contribution is 0.0692. The second-order valence-corrected chi connectivity index (χ2v) is 9.22. The number of thioether (sulfide) groups is 1. The number of pyridine rings is 2. The number of carbonyl (C=O) groups excluding carboxylic acids is 1. The largest absolute Gasteiger partial charge is 0.473 e. The fraction of sp³-hybridized carbons (Fsp3) is 0.391. The molecule has 5 rings (SSSR count). The maximum Gasteiger partial charge on any atom is 0.256 e. The number of carbonyl (C=O) groups is 1. The smallest absolute Gasteiger partial charge is 0.256 e. The Kier molecular flexibility index (Phi) is 5.40. The Labute approximate surface area is 185 Å². The molecule has 1 amide bonds. The van der Waals surface area contributed by atoms with E-state index in [1.165, 1.54) is 0 Å². The van der Waals surface area contributed by atoms with Gasteiger partial charge in [0.25, 0.3) is 5.91 Å². The second-order valence-electron chi connectivity index (χ2n) is 8.00. The molecule has 2 aliphatic rings. The molecular formula is C23H24N4O3S. The quantitative estimate of drug-likeness (QED) is 0.593. The van der Waals surface area contributed by atoms with Gasteiger partial charge in [0.05, 0.1) is 11.1 Å². The fourth-order valence-corrected chi connectivity index (χ4v) is 5.20. The molecule has 0 aromatic carbocycles. The molecule has 1 saturated heterocycles. The maximum atomic E-state index is 12.8. The summed E-state index contributed by atoms with van der Waals surface area (Å²) in [5, 5.41) is 4.19. The van der Waals surface area contributed by atoms with Crippen molar-refractivity contribution in [1.29, 1.82) is 0 Å². The van der Waals surface area contributed by atoms with Gasteiger partial charge in [0, 0.05) is 42.3 Å². The lowest BCUT2D eigenvalue weighted by atomic mass is 10.1. The molecule has 0 radical (unpaired) electrons. The summed E-state index contributed by atoms with van der Waals surface area (Å²) >= 11 is 1.96. The van der Waals surface area contributed by atoms with Crippen LogP contribution in [0.4, 0.5) is 0 Å². The van der Waals surface area contributed by atoms with Gasteiger partial charge in [-0.3, -0.25) is 9.78 Å². The Bertz CT molecular complexity index is 1110. The van der Waals surface area contributed by atoms with Gasteiger partial charge in [-0.1, -0.05) is 5.16 Å². The summed E-state index contributed by atoms with van der Waals surface area (Å²) in [6, 6.07) is 6.14. The Balaban J connectivity index is 1.32. The summed E-state index contributed by atoms with van der Waals surface area (Å²) in [5.74, 6) is 3.53. The van der Waals surface area contributed by atoms with Crippen LogP contribution < -0.4 is 4.74 Å². The summed E-state index contributed by atoms with van der Waals surface area (Å²) in [7, 11) is 0. The first-order valence-electron chi connectivity index (χ1n) is 10.5. The first-order chi connectivity index (χ1) is 15.1. The first kappa shape index (κ1) is 20.1. The molecule has 0 unspecified atom stereocenters. The molecule has 1 fully saturated rings. The zero-order valence-electron chi connectivity index (χ0n) is 17.6. The van der Waals surface area contributed by atoms with E-state index in [-0.39, 0.29) is 12.5 Å². The Morgan fingerprint density at radius 2 is 2.03 bits per heavy atom. The van der Waals surface area contributed by atoms with Crippen LogP contribution in [-0.4, -0.2) is 43.5 Å². The van der Waals surface area contributed by atoms with E-state index < -0.39 is 0 Å². The van der Waals surface area contributed by atoms with Crippen LogP contribution in [0.15, 0.2) is 35.1 Å². The van der Waals surface area contributed by atoms with Gasteiger partial charge in [-0.05, 0) is 55.9 Å². The topological polar surface area (TPSA) is 81.3 Å². The van der Waals surface area contributed by atoms with Crippen molar-refractivity contribution in [3.8, 4) is 17.1 Å². The minimum atomic E-state index is 0.0926. The van der Waals surface area contributed by atoms with E-state index in [1.807, 2.05) is 48.7 Å². The molecule has 0 spiro atoms. The highest BCUT2D eigenvalue weighted by Crippen LogP contribution is 2.32. The van der Waals surface area contributed by atoms with Crippen LogP contribution in [0.3, 0.4) is 0 Å². The van der Waals surface area contributed by atoms with Crippen molar-refractivity contribution in [2.24, 2.45) is 0 Å². The molecule has 5 heterocycles. The van der Waals surface area contributed by atoms with Crippen LogP contribution in [0.25, 0.3) is 11.3 Å². The molecule has 0 atom stereocenters. The van der Waals surface area contributed by atoms with E-state index in [2.05, 4.69) is 15.1 Å². The second kappa shape index (κ2) is 8.34. The number of aryl methyl sites for hydroxylation is 2. The molecule has 8 heteroatoms. The maximum absolute atomic E-state index is 12.8. The molecule has 7 nitrogen and oxygen atoms in total. The van der Waals surface area contributed by atoms with Crippen molar-refractivity contribution >= 4 is 17.7 Å². The summed E-state index contributed by atoms with van der Waals surface area (Å²) in [4.78, 5) is 23.6. The lowest BCUT2D eigenvalue weighted by Gasteiger charge is -2.30. The van der Waals surface area contributed by atoms with E-state index in [4.69, 9.17) is 9.26 Å². The Morgan fingerprint density at radius 3 is 2.81 bits per heavy atom. The van der Waals surface area contributed by atoms with Gasteiger partial charge in [-0.2, -0.15) is 11.8 Å². The van der Waals surface area contributed by atoms with Crippen molar-refractivity contribution in [2.75, 3.05) is 11.5 Å². The highest BCUT2D eigenvalue weighted by molar-refractivity contribution is 7.99. The first-order valence-corrected chi connectivity index (χ1v) is 11.6. The molecule has 0 N–H and O–H groups in total. The van der Waals surface area contributed by atoms with Crippen LogP contribution in [-0.2, 0) is 13.2 Å². The van der Waals surface area contributed by atoms with Crippen molar-refractivity contribution in [3.05, 3.63) is 58.7 Å². The number of amides is 1. The van der Waals surface area contributed by atoms with Gasteiger partial charge in [0.15, 0.2) is 0 Å². The molecule has 0 aliphatic carbocycles. The van der Waals surface area contributed by atoms with Gasteiger partial charge in [-0.25, -0.2) is 4.98 Å². The van der Waals surface area contributed by atoms with Crippen LogP contribution in [0.2, 0.25) is 0 Å². The molecular weight excluding hydrogens is 412 g/mol. The number of aromatic nitrogens is 3. The number of hydrogen-bond acceptors (Lipinski definition) is 7. The summed E-state index contributed by atoms with van der Waals surface area (Å²) in [6.45, 7) is 4.73. The molecule has 0 bridgehead atoms. The van der Waals surface area contributed by atoms with Crippen LogP contribution in [0.5, 0.6) is 5.88 Å². The monoisotopic (exact) mass is 436 g/mol. The van der Waals surface area contributed by atoms with Crippen LogP contribution in [0, 0.1) is 13.8 Å². The number of fused-ring (bicyclic) bond motifs is 1. The summed E-state index contributed by atoms with van der Waals surface area (Å²) in [6.07, 6.45) is 5.55. The van der Waals surface area contributed by atoms with Gasteiger partial charge < -0.3 is 14.2 Å². The summed E-state index contributed by atoms with van der Waals surface area (Å²) in [5.41, 5.74) is 5.10. The van der Waals surface area contributed by atoms with Crippen molar-refractivity contribution in [2.45, 2.75) is 45.9 Å². The minimum Gasteiger partial charge on any atom is -0.473 e. The van der Waals surface area contributed by atoms with Gasteiger partial charge in [0.1, 0.15) is 18.1 Å². The average molecular weight is 437 g/mol. The van der Waals surface area contributed by atoms with Crippen molar-refractivity contribution in [1.82, 2.24) is 20.0 Å². The Hall–Kier alpha value is -2.87. The van der Waals surface area contributed by atoms with E-state index in [0.717, 1.165) is 52.4 Å². The molecule has 3 aromatic rings. The van der Waals surface area contributed by atoms with Gasteiger partial charge in [0.2, 0.25) is 5.88 Å². The lowest BCUT2D eigenvalue weighted by Crippen LogP contribution is -2.37. The predicted molar refractivity (Wildman–Crippen MR) is 118 cm³/mol. The standard InChI is InChI=1S/C23H24N4O3S/c1-14-3-4-16(10-24-14)22-20(15(2)30-26-22)13-29-21-9-17-12-27(18-5-7-31-8-6-18)23(28)19(17)11-25-21/h3-4,9-11,18H,5-8,12-13H2,1-2H3. The average Bonchev–Trinajstić information content (AvgIpc) is 3.33. The van der Waals surface area contributed by atoms with E-state index >= 15 is 0 Å². The fourth-order valence-electron chi connectivity index (χ4n) is 4.12. The SMILES string of the molecule is Cc1ccc(-c2noc(C)c2COc2cc3c(cn2)C(=O)N(C2CCSCC2)C3)cn1. The van der Waals surface area contributed by atoms with Crippen molar-refractivity contribution < 1.29 is 14.1 Å². The third-order valence-electron chi connectivity index (χ3n) is 5.96. The zero-order chi connectivity index (χ0) is 21.4. The normalized spacial score (nSPS) is 16.6. The third-order valence-corrected chi connectivity index (χ3v) is 7.01. The molecule has 31 heavy (non-hydrogen) atoms. The molecule has 0 saturated carbocycles. The van der Waals surface area contributed by atoms with Crippen LogP contribution >= 0.6 is 11.8 Å². The number of hydrogen-bond donors (Lipinski definition) is 0. The molecule has 3 aromatic heterocycles. The van der Waals surface area contributed by atoms with E-state index in [9.17, 15) is 4.79 Å². The Morgan fingerprint density at radius 1 is 1.19 bits per heavy atom. The summed E-state index contributed by atoms with van der Waals surface area (Å²) < 4.78 is 11.4. The van der Waals surface area contributed by atoms with Gasteiger partial charge in [-0.15, -0.1) is 0 Å². The predicted octanol–water partition coefficient (Wildman–Crippen LogP) is 4.18. The number of rotatable bonds is 5. The van der Waals surface area contributed by atoms with E-state index in [0.29, 0.717) is 29.8 Å². The van der Waals surface area contributed by atoms with Crippen molar-refractivity contribution in [3.63, 3.8) is 0 Å². The number of ether oxygens (including phenoxy) is 1. The third kappa shape index (κ3) is 3.92. The molecule has 2 aliphatic heterocycles. The van der Waals surface area contributed by atoms with Gasteiger partial charge >= 0.3 is 0 Å². The highest BCUT2D eigenvalue weighted by atomic mass is 32.2. The number of nitrogens with zero attached hydrogens (tertiary/aromatic N) is 4. The minimum absolute atomic E-state index is 0.0926. The highest BCUT2D eigenvalue weighted by Gasteiger charge is 2.34. The molecule has 160 valence electrons. The van der Waals surface area contributed by atoms with E-state index in [1.54, 1.807) is 12.4 Å².